The second-order valence-corrected chi connectivity index (χ2v) is 25.5. The van der Waals surface area contributed by atoms with Gasteiger partial charge >= 0.3 is 6.18 Å². The molecule has 4 unspecified atom stereocenters. The predicted molar refractivity (Wildman–Crippen MR) is 329 cm³/mol. The summed E-state index contributed by atoms with van der Waals surface area (Å²) < 4.78 is 40.8. The topological polar surface area (TPSA) is 97.5 Å². The van der Waals surface area contributed by atoms with Crippen molar-refractivity contribution in [2.24, 2.45) is 22.7 Å². The van der Waals surface area contributed by atoms with E-state index in [1.54, 1.807) is 0 Å². The summed E-state index contributed by atoms with van der Waals surface area (Å²) in [5, 5.41) is 23.6. The van der Waals surface area contributed by atoms with Crippen LogP contribution in [-0.4, -0.2) is 140 Å². The maximum absolute atomic E-state index is 13.6. The van der Waals surface area contributed by atoms with Crippen LogP contribution in [0.1, 0.15) is 148 Å². The second kappa shape index (κ2) is 30.6. The first-order valence-corrected chi connectivity index (χ1v) is 31.3. The van der Waals surface area contributed by atoms with E-state index in [9.17, 15) is 13.2 Å². The maximum atomic E-state index is 13.6. The lowest BCUT2D eigenvalue weighted by Gasteiger charge is -2.55. The molecular weight excluding hydrogens is 1030 g/mol. The fraction of sp³-hybridized carbons (Fsp3) is 0.677. The van der Waals surface area contributed by atoms with Gasteiger partial charge in [0.2, 0.25) is 0 Å². The van der Waals surface area contributed by atoms with Gasteiger partial charge in [-0.15, -0.1) is 0 Å². The molecule has 0 aromatic heterocycles. The molecule has 4 fully saturated rings. The zero-order valence-corrected chi connectivity index (χ0v) is 51.3. The highest BCUT2D eigenvalue weighted by Gasteiger charge is 2.47. The summed E-state index contributed by atoms with van der Waals surface area (Å²) in [6.45, 7) is 26.5. The number of aryl methyl sites for hydroxylation is 2. The average Bonchev–Trinajstić information content (AvgIpc) is 4.33. The first kappa shape index (κ1) is 63.7. The van der Waals surface area contributed by atoms with Crippen molar-refractivity contribution in [1.82, 2.24) is 51.5 Å². The fourth-order valence-corrected chi connectivity index (χ4v) is 13.7. The van der Waals surface area contributed by atoms with Gasteiger partial charge in [-0.2, -0.15) is 13.2 Å². The van der Waals surface area contributed by atoms with Crippen LogP contribution in [-0.2, 0) is 19.0 Å². The van der Waals surface area contributed by atoms with E-state index < -0.39 is 11.7 Å². The number of halogens is 4. The van der Waals surface area contributed by atoms with Crippen LogP contribution in [0.5, 0.6) is 0 Å². The SMILES string of the molecule is CC[C@H](C)[C@H]1CN[C@@H](C)C(C)NCC2[C@H](C)CN2[C@@H](C2CCCC2)C(C)NC2(CCCC2)CNCCNC=CC(CCc2ccc(C(F)(F)F)c(Cl)c2)=NC=CN(C)C=C(Cc2ccc(C)cc2)N(C)C=C2CCCN2CC(C)N1. The largest absolute Gasteiger partial charge is 0.417 e. The number of hydrogen-bond donors (Lipinski definition) is 6. The van der Waals surface area contributed by atoms with Crippen molar-refractivity contribution in [3.8, 4) is 0 Å². The average molecular weight is 1130 g/mol. The lowest BCUT2D eigenvalue weighted by atomic mass is 9.80. The minimum atomic E-state index is -4.51. The number of rotatable bonds is 8. The highest BCUT2D eigenvalue weighted by Crippen LogP contribution is 2.40. The van der Waals surface area contributed by atoms with Gasteiger partial charge in [-0.1, -0.05) is 100 Å². The van der Waals surface area contributed by atoms with E-state index in [0.717, 1.165) is 100 Å². The van der Waals surface area contributed by atoms with Crippen molar-refractivity contribution in [2.45, 2.75) is 199 Å². The molecule has 2 saturated heterocycles. The highest BCUT2D eigenvalue weighted by molar-refractivity contribution is 6.31. The molecule has 0 amide bonds. The van der Waals surface area contributed by atoms with Gasteiger partial charge in [0.1, 0.15) is 0 Å². The molecule has 80 heavy (non-hydrogen) atoms. The smallest absolute Gasteiger partial charge is 0.390 e. The third kappa shape index (κ3) is 18.6. The summed E-state index contributed by atoms with van der Waals surface area (Å²) in [4.78, 5) is 14.8. The lowest BCUT2D eigenvalue weighted by Crippen LogP contribution is -2.70. The quantitative estimate of drug-likeness (QED) is 0.153. The van der Waals surface area contributed by atoms with Crippen LogP contribution in [0.15, 0.2) is 95.9 Å². The maximum Gasteiger partial charge on any atom is 0.417 e. The van der Waals surface area contributed by atoms with Crippen LogP contribution < -0.4 is 31.9 Å². The minimum Gasteiger partial charge on any atom is -0.390 e. The van der Waals surface area contributed by atoms with Gasteiger partial charge in [0.15, 0.2) is 0 Å². The summed E-state index contributed by atoms with van der Waals surface area (Å²) >= 11 is 6.17. The molecule has 2 saturated carbocycles. The first-order valence-electron chi connectivity index (χ1n) is 30.9. The Hall–Kier alpha value is -3.89. The molecule has 2 aromatic rings. The van der Waals surface area contributed by atoms with E-state index in [0.29, 0.717) is 67.0 Å². The van der Waals surface area contributed by atoms with Crippen molar-refractivity contribution in [2.75, 3.05) is 66.5 Å². The van der Waals surface area contributed by atoms with Gasteiger partial charge in [0.05, 0.1) is 10.6 Å². The number of alkyl halides is 3. The molecule has 7 rings (SSSR count). The molecule has 11 nitrogen and oxygen atoms in total. The summed E-state index contributed by atoms with van der Waals surface area (Å²) in [5.41, 5.74) is 5.73. The number of nitrogens with one attached hydrogen (secondary N) is 6. The molecule has 0 bridgehead atoms. The Labute approximate surface area is 486 Å². The third-order valence-electron chi connectivity index (χ3n) is 18.6. The van der Waals surface area contributed by atoms with Crippen molar-refractivity contribution in [3.63, 3.8) is 0 Å². The molecule has 1 spiro atoms. The molecule has 6 N–H and O–H groups in total. The first-order chi connectivity index (χ1) is 38.3. The molecule has 3 heterocycles. The van der Waals surface area contributed by atoms with Crippen molar-refractivity contribution < 1.29 is 13.2 Å². The second-order valence-electron chi connectivity index (χ2n) is 25.1. The molecule has 0 radical (unpaired) electrons. The highest BCUT2D eigenvalue weighted by atomic mass is 35.5. The van der Waals surface area contributed by atoms with Gasteiger partial charge < -0.3 is 46.6 Å². The molecule has 9 atom stereocenters. The number of likely N-dealkylation sites (N-methyl/N-ethyl adjacent to an activating group) is 1. The van der Waals surface area contributed by atoms with Gasteiger partial charge in [0, 0.05) is 163 Å². The van der Waals surface area contributed by atoms with E-state index in [4.69, 9.17) is 16.6 Å². The zero-order valence-electron chi connectivity index (χ0n) is 50.6. The van der Waals surface area contributed by atoms with Crippen LogP contribution in [0.25, 0.3) is 0 Å². The van der Waals surface area contributed by atoms with Crippen LogP contribution in [0.4, 0.5) is 13.2 Å². The Morgan fingerprint density at radius 2 is 1.55 bits per heavy atom. The van der Waals surface area contributed by atoms with Crippen LogP contribution in [0, 0.1) is 24.7 Å². The minimum absolute atomic E-state index is 0.0725. The summed E-state index contributed by atoms with van der Waals surface area (Å²) in [6, 6.07) is 15.6. The number of allylic oxidation sites excluding steroid dienone is 3. The van der Waals surface area contributed by atoms with E-state index in [1.165, 1.54) is 86.9 Å². The lowest BCUT2D eigenvalue weighted by molar-refractivity contribution is -0.137. The summed E-state index contributed by atoms with van der Waals surface area (Å²) in [5.74, 6) is 1.92. The number of fused-ring (bicyclic) bond motifs is 2. The van der Waals surface area contributed by atoms with Crippen LogP contribution in [0.2, 0.25) is 5.02 Å². The third-order valence-corrected chi connectivity index (χ3v) is 18.9. The normalized spacial score (nSPS) is 28.8. The Bertz CT molecular complexity index is 2360. The fourth-order valence-electron chi connectivity index (χ4n) is 13.4. The summed E-state index contributed by atoms with van der Waals surface area (Å²) in [7, 11) is 4.19. The Kier molecular flexibility index (Phi) is 24.4. The predicted octanol–water partition coefficient (Wildman–Crippen LogP) is 11.6. The summed E-state index contributed by atoms with van der Waals surface area (Å²) in [6.07, 6.45) is 23.0. The van der Waals surface area contributed by atoms with Gasteiger partial charge in [-0.25, -0.2) is 0 Å². The molecule has 15 heteroatoms. The monoisotopic (exact) mass is 1130 g/mol. The van der Waals surface area contributed by atoms with Crippen LogP contribution >= 0.6 is 11.6 Å². The van der Waals surface area contributed by atoms with Gasteiger partial charge in [-0.05, 0) is 139 Å². The zero-order chi connectivity index (χ0) is 57.4. The number of aliphatic imine (C=N–C) groups is 1. The van der Waals surface area contributed by atoms with Crippen LogP contribution in [0.3, 0.4) is 0 Å². The van der Waals surface area contributed by atoms with E-state index in [-0.39, 0.29) is 10.6 Å². The number of nitrogens with zero attached hydrogens (tertiary/aromatic N) is 5. The number of hydrogen-bond acceptors (Lipinski definition) is 11. The molecular formula is C65H103ClF3N11. The Morgan fingerprint density at radius 3 is 2.24 bits per heavy atom. The van der Waals surface area contributed by atoms with E-state index >= 15 is 0 Å². The van der Waals surface area contributed by atoms with E-state index in [2.05, 4.69) is 151 Å². The standard InChI is InChI=1S/C65H103ClF3N11/c1-11-47(3)61-39-73-50(6)51(7)74-40-62-48(4)41-80(62)63(55-17-12-13-18-55)52(8)76-64(29-14-15-30-64)45-71-33-32-70-31-28-56(26-24-54-25-27-59(60(66)38-54)65(67,68)69)72-34-36-77(9)43-58(37-53-22-20-46(2)21-23-53)78(10)44-57-19-16-35-79(57)42-49(5)75-61/h20-23,25,27-28,31,34,36,38,43-44,47-52,55,61-63,70-71,73-76H,11-19,24,26,29-30,32-33,35,37,39-42,45H2,1-10H3/t47-,48+,49?,50-,51?,52?,61+,62?,63+/m0/s1. The van der Waals surface area contributed by atoms with Crippen molar-refractivity contribution >= 4 is 17.3 Å². The van der Waals surface area contributed by atoms with Gasteiger partial charge in [-0.3, -0.25) is 9.89 Å². The molecule has 2 aromatic carbocycles. The van der Waals surface area contributed by atoms with Crippen molar-refractivity contribution in [1.29, 1.82) is 0 Å². The Morgan fingerprint density at radius 1 is 0.838 bits per heavy atom. The molecule has 3 aliphatic heterocycles. The molecule has 5 aliphatic rings. The molecule has 446 valence electrons. The van der Waals surface area contributed by atoms with E-state index in [1.807, 2.05) is 31.7 Å². The van der Waals surface area contributed by atoms with Crippen molar-refractivity contribution in [3.05, 3.63) is 118 Å². The number of benzene rings is 2. The van der Waals surface area contributed by atoms with Gasteiger partial charge in [0.25, 0.3) is 0 Å². The Balaban J connectivity index is 1.14. The molecule has 2 aliphatic carbocycles.